The second-order valence-corrected chi connectivity index (χ2v) is 4.82. The lowest BCUT2D eigenvalue weighted by Gasteiger charge is -2.19. The Morgan fingerprint density at radius 2 is 1.70 bits per heavy atom. The number of rotatable bonds is 2. The molecule has 0 saturated carbocycles. The van der Waals surface area contributed by atoms with Gasteiger partial charge in [-0.2, -0.15) is 0 Å². The molecule has 3 heteroatoms. The van der Waals surface area contributed by atoms with E-state index < -0.39 is 0 Å². The first-order valence-electron chi connectivity index (χ1n) is 6.57. The van der Waals surface area contributed by atoms with Crippen LogP contribution in [0.15, 0.2) is 65.7 Å². The molecule has 0 aliphatic carbocycles. The second-order valence-electron chi connectivity index (χ2n) is 4.82. The molecule has 0 radical (unpaired) electrons. The number of nitrogens with zero attached hydrogens (tertiary/aromatic N) is 1. The summed E-state index contributed by atoms with van der Waals surface area (Å²) in [4.78, 5) is 4.34. The fourth-order valence-corrected chi connectivity index (χ4v) is 2.18. The molecule has 0 spiro atoms. The molecule has 1 aliphatic rings. The standard InChI is InChI=1S/C17H16N2O/c1-12-7-9-14(10-8-12)16-11-15(19-17(18)20-16)13-5-3-2-4-6-13/h2-11,15H,1H3,(H2,18,19). The van der Waals surface area contributed by atoms with Gasteiger partial charge in [-0.15, -0.1) is 0 Å². The second kappa shape index (κ2) is 5.21. The Hall–Kier alpha value is -2.55. The van der Waals surface area contributed by atoms with Gasteiger partial charge in [-0.1, -0.05) is 60.2 Å². The van der Waals surface area contributed by atoms with Crippen molar-refractivity contribution in [2.75, 3.05) is 0 Å². The molecule has 2 N–H and O–H groups in total. The number of benzene rings is 2. The van der Waals surface area contributed by atoms with Crippen LogP contribution >= 0.6 is 0 Å². The number of amidine groups is 1. The summed E-state index contributed by atoms with van der Waals surface area (Å²) in [6, 6.07) is 18.3. The molecule has 2 aromatic rings. The molecule has 0 amide bonds. The topological polar surface area (TPSA) is 47.6 Å². The molecule has 3 nitrogen and oxygen atoms in total. The van der Waals surface area contributed by atoms with Gasteiger partial charge >= 0.3 is 0 Å². The maximum absolute atomic E-state index is 5.81. The Morgan fingerprint density at radius 1 is 1.00 bits per heavy atom. The first kappa shape index (κ1) is 12.5. The third-order valence-corrected chi connectivity index (χ3v) is 3.27. The van der Waals surface area contributed by atoms with E-state index in [1.807, 2.05) is 48.5 Å². The molecule has 0 bridgehead atoms. The van der Waals surface area contributed by atoms with Gasteiger partial charge in [0.25, 0.3) is 6.02 Å². The van der Waals surface area contributed by atoms with Crippen LogP contribution in [0.3, 0.4) is 0 Å². The summed E-state index contributed by atoms with van der Waals surface area (Å²) in [7, 11) is 0. The molecular weight excluding hydrogens is 248 g/mol. The van der Waals surface area contributed by atoms with Gasteiger partial charge in [-0.05, 0) is 18.6 Å². The highest BCUT2D eigenvalue weighted by Crippen LogP contribution is 2.29. The average Bonchev–Trinajstić information content (AvgIpc) is 2.48. The molecule has 3 rings (SSSR count). The van der Waals surface area contributed by atoms with E-state index in [2.05, 4.69) is 24.0 Å². The van der Waals surface area contributed by atoms with E-state index >= 15 is 0 Å². The zero-order valence-corrected chi connectivity index (χ0v) is 11.3. The Morgan fingerprint density at radius 3 is 2.40 bits per heavy atom. The highest BCUT2D eigenvalue weighted by atomic mass is 16.5. The van der Waals surface area contributed by atoms with Gasteiger partial charge in [-0.25, -0.2) is 4.99 Å². The minimum absolute atomic E-state index is 0.0961. The molecular formula is C17H16N2O. The predicted molar refractivity (Wildman–Crippen MR) is 81.0 cm³/mol. The molecule has 0 aromatic heterocycles. The maximum Gasteiger partial charge on any atom is 0.288 e. The fraction of sp³-hybridized carbons (Fsp3) is 0.118. The van der Waals surface area contributed by atoms with Crippen molar-refractivity contribution in [1.29, 1.82) is 0 Å². The molecule has 0 saturated heterocycles. The highest BCUT2D eigenvalue weighted by Gasteiger charge is 2.17. The number of ether oxygens (including phenoxy) is 1. The van der Waals surface area contributed by atoms with E-state index in [0.717, 1.165) is 16.9 Å². The lowest BCUT2D eigenvalue weighted by molar-refractivity contribution is 0.476. The molecule has 0 fully saturated rings. The van der Waals surface area contributed by atoms with E-state index in [9.17, 15) is 0 Å². The van der Waals surface area contributed by atoms with Gasteiger partial charge in [0.1, 0.15) is 11.8 Å². The minimum atomic E-state index is -0.0961. The first-order valence-corrected chi connectivity index (χ1v) is 6.57. The maximum atomic E-state index is 5.81. The van der Waals surface area contributed by atoms with Crippen LogP contribution in [0.5, 0.6) is 0 Å². The smallest absolute Gasteiger partial charge is 0.288 e. The summed E-state index contributed by atoms with van der Waals surface area (Å²) in [5.74, 6) is 0.756. The van der Waals surface area contributed by atoms with Gasteiger partial charge in [0, 0.05) is 5.56 Å². The van der Waals surface area contributed by atoms with E-state index in [-0.39, 0.29) is 12.1 Å². The number of aryl methyl sites for hydroxylation is 1. The van der Waals surface area contributed by atoms with Crippen molar-refractivity contribution in [2.24, 2.45) is 10.7 Å². The van der Waals surface area contributed by atoms with E-state index in [1.165, 1.54) is 5.56 Å². The van der Waals surface area contributed by atoms with E-state index in [4.69, 9.17) is 10.5 Å². The summed E-state index contributed by atoms with van der Waals surface area (Å²) >= 11 is 0. The van der Waals surface area contributed by atoms with Crippen LogP contribution < -0.4 is 5.73 Å². The summed E-state index contributed by atoms with van der Waals surface area (Å²) in [5.41, 5.74) is 9.13. The van der Waals surface area contributed by atoms with E-state index in [1.54, 1.807) is 0 Å². The normalized spacial score (nSPS) is 17.9. The average molecular weight is 264 g/mol. The minimum Gasteiger partial charge on any atom is -0.426 e. The van der Waals surface area contributed by atoms with Crippen LogP contribution in [-0.2, 0) is 4.74 Å². The van der Waals surface area contributed by atoms with Gasteiger partial charge in [-0.3, -0.25) is 0 Å². The summed E-state index contributed by atoms with van der Waals surface area (Å²) in [6.07, 6.45) is 2.00. The molecule has 2 aromatic carbocycles. The van der Waals surface area contributed by atoms with Crippen molar-refractivity contribution in [2.45, 2.75) is 13.0 Å². The predicted octanol–water partition coefficient (Wildman–Crippen LogP) is 3.42. The van der Waals surface area contributed by atoms with Gasteiger partial charge < -0.3 is 10.5 Å². The molecule has 1 atom stereocenters. The Bertz CT molecular complexity index is 657. The van der Waals surface area contributed by atoms with Crippen LogP contribution in [0.4, 0.5) is 0 Å². The van der Waals surface area contributed by atoms with Crippen molar-refractivity contribution < 1.29 is 4.74 Å². The fourth-order valence-electron chi connectivity index (χ4n) is 2.18. The number of nitrogens with two attached hydrogens (primary N) is 1. The third-order valence-electron chi connectivity index (χ3n) is 3.27. The molecule has 1 heterocycles. The number of hydrogen-bond donors (Lipinski definition) is 1. The van der Waals surface area contributed by atoms with Crippen LogP contribution in [0.25, 0.3) is 5.76 Å². The molecule has 100 valence electrons. The van der Waals surface area contributed by atoms with Gasteiger partial charge in [0.2, 0.25) is 0 Å². The van der Waals surface area contributed by atoms with Crippen LogP contribution in [0.1, 0.15) is 22.7 Å². The van der Waals surface area contributed by atoms with Gasteiger partial charge in [0.15, 0.2) is 0 Å². The monoisotopic (exact) mass is 264 g/mol. The lowest BCUT2D eigenvalue weighted by Crippen LogP contribution is -2.20. The summed E-state index contributed by atoms with van der Waals surface area (Å²) in [6.45, 7) is 2.06. The lowest BCUT2D eigenvalue weighted by atomic mass is 10.0. The van der Waals surface area contributed by atoms with Crippen molar-refractivity contribution in [3.63, 3.8) is 0 Å². The Balaban J connectivity index is 1.96. The Labute approximate surface area is 118 Å². The highest BCUT2D eigenvalue weighted by molar-refractivity contribution is 5.82. The summed E-state index contributed by atoms with van der Waals surface area (Å²) in [5, 5.41) is 0. The largest absolute Gasteiger partial charge is 0.426 e. The van der Waals surface area contributed by atoms with Crippen molar-refractivity contribution in [3.8, 4) is 0 Å². The van der Waals surface area contributed by atoms with Gasteiger partial charge in [0.05, 0.1) is 0 Å². The number of hydrogen-bond acceptors (Lipinski definition) is 3. The van der Waals surface area contributed by atoms with Crippen molar-refractivity contribution in [3.05, 3.63) is 77.4 Å². The van der Waals surface area contributed by atoms with Crippen molar-refractivity contribution in [1.82, 2.24) is 0 Å². The van der Waals surface area contributed by atoms with Crippen LogP contribution in [0, 0.1) is 6.92 Å². The zero-order valence-electron chi connectivity index (χ0n) is 11.3. The SMILES string of the molecule is Cc1ccc(C2=CC(c3ccccc3)N=C(N)O2)cc1. The summed E-state index contributed by atoms with van der Waals surface area (Å²) < 4.78 is 5.55. The third kappa shape index (κ3) is 2.57. The van der Waals surface area contributed by atoms with Crippen LogP contribution in [-0.4, -0.2) is 6.02 Å². The quantitative estimate of drug-likeness (QED) is 0.903. The zero-order chi connectivity index (χ0) is 13.9. The van der Waals surface area contributed by atoms with E-state index in [0.29, 0.717) is 0 Å². The van der Waals surface area contributed by atoms with Crippen molar-refractivity contribution >= 4 is 11.8 Å². The molecule has 20 heavy (non-hydrogen) atoms. The van der Waals surface area contributed by atoms with Crippen LogP contribution in [0.2, 0.25) is 0 Å². The molecule has 1 unspecified atom stereocenters. The Kier molecular flexibility index (Phi) is 3.25. The molecule has 1 aliphatic heterocycles. The first-order chi connectivity index (χ1) is 9.72. The number of aliphatic imine (C=N–C) groups is 1.